The minimum atomic E-state index is -4.60. The van der Waals surface area contributed by atoms with Gasteiger partial charge in [0.1, 0.15) is 16.4 Å². The molecule has 0 aliphatic heterocycles. The number of carbonyl (C=O) groups is 1. The van der Waals surface area contributed by atoms with Crippen molar-refractivity contribution in [3.8, 4) is 11.5 Å². The summed E-state index contributed by atoms with van der Waals surface area (Å²) in [5.74, 6) is 0.0268. The maximum atomic E-state index is 12.8. The molecule has 0 bridgehead atoms. The van der Waals surface area contributed by atoms with Crippen LogP contribution in [0.25, 0.3) is 0 Å². The predicted molar refractivity (Wildman–Crippen MR) is 121 cm³/mol. The summed E-state index contributed by atoms with van der Waals surface area (Å²) in [6.07, 6.45) is -4.60. The van der Waals surface area contributed by atoms with Crippen LogP contribution in [0.3, 0.4) is 0 Å². The third kappa shape index (κ3) is 6.89. The molecule has 0 aliphatic rings. The average molecular weight is 507 g/mol. The molecular formula is C24H21F3N2O5S. The molecule has 0 aliphatic carbocycles. The zero-order chi connectivity index (χ0) is 25.6. The van der Waals surface area contributed by atoms with Crippen LogP contribution in [0.15, 0.2) is 81.9 Å². The van der Waals surface area contributed by atoms with E-state index in [2.05, 4.69) is 10.2 Å². The van der Waals surface area contributed by atoms with Crippen molar-refractivity contribution in [2.24, 2.45) is 10.2 Å². The van der Waals surface area contributed by atoms with Crippen molar-refractivity contribution in [3.05, 3.63) is 89.0 Å². The molecule has 3 aromatic rings. The van der Waals surface area contributed by atoms with E-state index in [9.17, 15) is 26.4 Å². The smallest absolute Gasteiger partial charge is 0.416 e. The summed E-state index contributed by atoms with van der Waals surface area (Å²) >= 11 is 0. The Morgan fingerprint density at radius 2 is 1.69 bits per heavy atom. The first-order valence-electron chi connectivity index (χ1n) is 10.2. The summed E-state index contributed by atoms with van der Waals surface area (Å²) in [5, 5.41) is 7.56. The predicted octanol–water partition coefficient (Wildman–Crippen LogP) is 5.51. The van der Waals surface area contributed by atoms with Gasteiger partial charge in [-0.1, -0.05) is 24.3 Å². The highest BCUT2D eigenvalue weighted by molar-refractivity contribution is 7.87. The molecule has 0 N–H and O–H groups in total. The van der Waals surface area contributed by atoms with Crippen LogP contribution >= 0.6 is 0 Å². The second-order valence-corrected chi connectivity index (χ2v) is 8.98. The van der Waals surface area contributed by atoms with Gasteiger partial charge in [-0.3, -0.25) is 4.79 Å². The Morgan fingerprint density at radius 1 is 1.00 bits per heavy atom. The van der Waals surface area contributed by atoms with E-state index < -0.39 is 32.7 Å². The van der Waals surface area contributed by atoms with E-state index in [1.165, 1.54) is 13.2 Å². The van der Waals surface area contributed by atoms with Gasteiger partial charge in [-0.2, -0.15) is 26.7 Å². The van der Waals surface area contributed by atoms with Gasteiger partial charge < -0.3 is 8.92 Å². The molecule has 0 atom stereocenters. The van der Waals surface area contributed by atoms with Gasteiger partial charge >= 0.3 is 16.3 Å². The summed E-state index contributed by atoms with van der Waals surface area (Å²) in [6.45, 7) is 1.55. The van der Waals surface area contributed by atoms with Gasteiger partial charge in [0.05, 0.1) is 25.6 Å². The van der Waals surface area contributed by atoms with E-state index >= 15 is 0 Å². The summed E-state index contributed by atoms with van der Waals surface area (Å²) < 4.78 is 73.9. The molecule has 35 heavy (non-hydrogen) atoms. The van der Waals surface area contributed by atoms with Crippen LogP contribution < -0.4 is 8.92 Å². The summed E-state index contributed by atoms with van der Waals surface area (Å²) in [4.78, 5) is 11.7. The van der Waals surface area contributed by atoms with Crippen LogP contribution in [-0.2, 0) is 34.1 Å². The number of nitrogens with zero attached hydrogens (tertiary/aromatic N) is 2. The number of halogens is 3. The molecule has 0 unspecified atom stereocenters. The molecule has 11 heteroatoms. The first-order chi connectivity index (χ1) is 16.5. The fraction of sp³-hybridized carbons (Fsp3) is 0.208. The van der Waals surface area contributed by atoms with E-state index in [-0.39, 0.29) is 18.7 Å². The molecule has 1 amide bonds. The molecule has 0 spiro atoms. The maximum absolute atomic E-state index is 12.8. The van der Waals surface area contributed by atoms with E-state index in [1.807, 2.05) is 0 Å². The third-order valence-electron chi connectivity index (χ3n) is 4.94. The number of methoxy groups -OCH3 is 1. The largest absolute Gasteiger partial charge is 0.497 e. The van der Waals surface area contributed by atoms with Crippen LogP contribution in [0.1, 0.15) is 22.3 Å². The van der Waals surface area contributed by atoms with Crippen molar-refractivity contribution in [3.63, 3.8) is 0 Å². The number of azo groups is 1. The Balaban J connectivity index is 1.74. The zero-order valence-corrected chi connectivity index (χ0v) is 19.6. The molecule has 0 fully saturated rings. The van der Waals surface area contributed by atoms with Crippen molar-refractivity contribution < 1.29 is 35.3 Å². The highest BCUT2D eigenvalue weighted by atomic mass is 32.2. The number of aryl methyl sites for hydroxylation is 1. The van der Waals surface area contributed by atoms with Crippen molar-refractivity contribution in [1.29, 1.82) is 0 Å². The van der Waals surface area contributed by atoms with Crippen LogP contribution in [0.2, 0.25) is 0 Å². The van der Waals surface area contributed by atoms with Gasteiger partial charge in [0.15, 0.2) is 0 Å². The second kappa shape index (κ2) is 10.7. The summed E-state index contributed by atoms with van der Waals surface area (Å²) in [6, 6.07) is 14.5. The van der Waals surface area contributed by atoms with Gasteiger partial charge in [0.2, 0.25) is 0 Å². The van der Waals surface area contributed by atoms with Crippen LogP contribution in [-0.4, -0.2) is 21.4 Å². The lowest BCUT2D eigenvalue weighted by atomic mass is 10.1. The highest BCUT2D eigenvalue weighted by Crippen LogP contribution is 2.31. The number of carbonyl (C=O) groups excluding carboxylic acids is 1. The zero-order valence-electron chi connectivity index (χ0n) is 18.7. The van der Waals surface area contributed by atoms with Gasteiger partial charge in [0.25, 0.3) is 5.91 Å². The Morgan fingerprint density at radius 3 is 2.34 bits per heavy atom. The Bertz CT molecular complexity index is 1340. The van der Waals surface area contributed by atoms with E-state index in [0.717, 1.165) is 12.1 Å². The van der Waals surface area contributed by atoms with Gasteiger partial charge in [-0.25, -0.2) is 0 Å². The lowest BCUT2D eigenvalue weighted by Gasteiger charge is -2.13. The molecular weight excluding hydrogens is 485 g/mol. The second-order valence-electron chi connectivity index (χ2n) is 7.43. The SMILES string of the molecule is COc1cccc(CC(=O)N=NCc2c(C)cccc2OS(=O)(=O)c2ccc(C(F)(F)F)cc2)c1. The molecule has 0 saturated carbocycles. The molecule has 0 saturated heterocycles. The van der Waals surface area contributed by atoms with Crippen LogP contribution in [0, 0.1) is 6.92 Å². The first kappa shape index (κ1) is 25.9. The molecule has 184 valence electrons. The number of amides is 1. The number of benzene rings is 3. The van der Waals surface area contributed by atoms with E-state index in [4.69, 9.17) is 8.92 Å². The minimum Gasteiger partial charge on any atom is -0.497 e. The molecule has 3 rings (SSSR count). The molecule has 0 radical (unpaired) electrons. The molecule has 0 heterocycles. The normalized spacial score (nSPS) is 12.0. The number of alkyl halides is 3. The van der Waals surface area contributed by atoms with E-state index in [0.29, 0.717) is 34.6 Å². The monoisotopic (exact) mass is 506 g/mol. The number of hydrogen-bond acceptors (Lipinski definition) is 6. The van der Waals surface area contributed by atoms with Crippen molar-refractivity contribution in [2.45, 2.75) is 31.0 Å². The molecule has 0 aromatic heterocycles. The summed E-state index contributed by atoms with van der Waals surface area (Å²) in [7, 11) is -2.91. The van der Waals surface area contributed by atoms with Crippen molar-refractivity contribution >= 4 is 16.0 Å². The van der Waals surface area contributed by atoms with E-state index in [1.54, 1.807) is 43.3 Å². The lowest BCUT2D eigenvalue weighted by Crippen LogP contribution is -2.12. The fourth-order valence-corrected chi connectivity index (χ4v) is 4.07. The van der Waals surface area contributed by atoms with Gasteiger partial charge in [0, 0.05) is 5.56 Å². The Kier molecular flexibility index (Phi) is 7.90. The van der Waals surface area contributed by atoms with Crippen LogP contribution in [0.4, 0.5) is 13.2 Å². The Labute approximate surface area is 200 Å². The fourth-order valence-electron chi connectivity index (χ4n) is 3.11. The quantitative estimate of drug-likeness (QED) is 0.297. The number of hydrogen-bond donors (Lipinski definition) is 0. The Hall–Kier alpha value is -3.73. The third-order valence-corrected chi connectivity index (χ3v) is 6.19. The number of ether oxygens (including phenoxy) is 1. The lowest BCUT2D eigenvalue weighted by molar-refractivity contribution is -0.137. The molecule has 7 nitrogen and oxygen atoms in total. The summed E-state index contributed by atoms with van der Waals surface area (Å²) in [5.41, 5.74) is 0.702. The van der Waals surface area contributed by atoms with Crippen LogP contribution in [0.5, 0.6) is 11.5 Å². The minimum absolute atomic E-state index is 0.000128. The average Bonchev–Trinajstić information content (AvgIpc) is 2.80. The van der Waals surface area contributed by atoms with Gasteiger partial charge in [-0.05, 0) is 60.5 Å². The highest BCUT2D eigenvalue weighted by Gasteiger charge is 2.31. The number of rotatable bonds is 8. The topological polar surface area (TPSA) is 94.4 Å². The first-order valence-corrected chi connectivity index (χ1v) is 11.6. The standard InChI is InChI=1S/C24H21F3N2O5S/c1-16-5-3-8-22(34-35(31,32)20-11-9-18(10-12-20)24(25,26)27)21(16)15-28-29-23(30)14-17-6-4-7-19(13-17)33-2/h3-13H,14-15H2,1-2H3. The van der Waals surface area contributed by atoms with Gasteiger partial charge in [-0.15, -0.1) is 5.11 Å². The van der Waals surface area contributed by atoms with Crippen molar-refractivity contribution in [1.82, 2.24) is 0 Å². The van der Waals surface area contributed by atoms with Crippen molar-refractivity contribution in [2.75, 3.05) is 7.11 Å². The molecule has 3 aromatic carbocycles. The maximum Gasteiger partial charge on any atom is 0.416 e.